The Labute approximate surface area is 167 Å². The molecule has 2 atom stereocenters. The van der Waals surface area contributed by atoms with E-state index in [1.807, 2.05) is 45.9 Å². The lowest BCUT2D eigenvalue weighted by molar-refractivity contribution is -0.131. The van der Waals surface area contributed by atoms with E-state index in [1.54, 1.807) is 0 Å². The summed E-state index contributed by atoms with van der Waals surface area (Å²) < 4.78 is 5.50. The third-order valence-corrected chi connectivity index (χ3v) is 5.12. The van der Waals surface area contributed by atoms with Crippen molar-refractivity contribution in [3.8, 4) is 11.1 Å². The molecule has 1 aliphatic heterocycles. The number of hydrogen-bond donors (Lipinski definition) is 0. The molecule has 3 rings (SSSR count). The van der Waals surface area contributed by atoms with Crippen LogP contribution >= 0.6 is 0 Å². The van der Waals surface area contributed by atoms with Crippen molar-refractivity contribution in [1.29, 1.82) is 0 Å². The number of carbonyl (C=O) groups is 2. The molecule has 2 aromatic rings. The molecule has 0 saturated carbocycles. The molecule has 0 radical (unpaired) electrons. The molecule has 0 aliphatic carbocycles. The molecule has 2 amide bonds. The zero-order chi connectivity index (χ0) is 20.3. The second-order valence-corrected chi connectivity index (χ2v) is 8.45. The Morgan fingerprint density at radius 1 is 1.04 bits per heavy atom. The van der Waals surface area contributed by atoms with Crippen LogP contribution in [-0.4, -0.2) is 28.5 Å². The minimum atomic E-state index is -0.621. The number of carbonyl (C=O) groups excluding carboxylic acids is 2. The average molecular weight is 380 g/mol. The second kappa shape index (κ2) is 8.17. The van der Waals surface area contributed by atoms with Crippen molar-refractivity contribution in [3.63, 3.8) is 0 Å². The van der Waals surface area contributed by atoms with Crippen molar-refractivity contribution in [2.75, 3.05) is 0 Å². The maximum atomic E-state index is 12.7. The number of likely N-dealkylation sites (tertiary alicyclic amines) is 1. The lowest BCUT2D eigenvalue weighted by Crippen LogP contribution is -2.43. The molecule has 1 fully saturated rings. The molecule has 1 saturated heterocycles. The smallest absolute Gasteiger partial charge is 0.417 e. The lowest BCUT2D eigenvalue weighted by Gasteiger charge is -2.27. The number of nitrogens with zero attached hydrogens (tertiary/aromatic N) is 1. The largest absolute Gasteiger partial charge is 0.443 e. The van der Waals surface area contributed by atoms with Gasteiger partial charge in [-0.3, -0.25) is 4.79 Å². The van der Waals surface area contributed by atoms with Crippen LogP contribution in [0.25, 0.3) is 11.1 Å². The molecule has 0 aromatic heterocycles. The number of imide groups is 1. The summed E-state index contributed by atoms with van der Waals surface area (Å²) in [6.07, 6.45) is 1.55. The molecule has 1 unspecified atom stereocenters. The fourth-order valence-electron chi connectivity index (χ4n) is 3.71. The summed E-state index contributed by atoms with van der Waals surface area (Å²) in [4.78, 5) is 26.7. The highest BCUT2D eigenvalue weighted by atomic mass is 16.6. The van der Waals surface area contributed by atoms with E-state index >= 15 is 0 Å². The summed E-state index contributed by atoms with van der Waals surface area (Å²) in [6, 6.07) is 18.4. The van der Waals surface area contributed by atoms with Crippen LogP contribution in [0.1, 0.15) is 46.1 Å². The third-order valence-electron chi connectivity index (χ3n) is 5.12. The first-order chi connectivity index (χ1) is 13.3. The maximum Gasteiger partial charge on any atom is 0.417 e. The predicted molar refractivity (Wildman–Crippen MR) is 111 cm³/mol. The van der Waals surface area contributed by atoms with Gasteiger partial charge in [0, 0.05) is 12.0 Å². The predicted octanol–water partition coefficient (Wildman–Crippen LogP) is 5.46. The number of amides is 2. The molecule has 0 N–H and O–H groups in total. The SMILES string of the molecule is CCC1C[C@@H](Cc2ccc(-c3ccccc3)cc2)N(C(=O)OC(C)(C)C)C1=O. The first kappa shape index (κ1) is 20.1. The Morgan fingerprint density at radius 2 is 1.64 bits per heavy atom. The van der Waals surface area contributed by atoms with Gasteiger partial charge in [-0.25, -0.2) is 9.69 Å². The summed E-state index contributed by atoms with van der Waals surface area (Å²) in [5.74, 6) is -0.219. The van der Waals surface area contributed by atoms with Crippen molar-refractivity contribution in [2.45, 2.75) is 58.6 Å². The second-order valence-electron chi connectivity index (χ2n) is 8.45. The number of rotatable bonds is 4. The molecule has 4 heteroatoms. The van der Waals surface area contributed by atoms with Crippen LogP contribution in [0.5, 0.6) is 0 Å². The fraction of sp³-hybridized carbons (Fsp3) is 0.417. The van der Waals surface area contributed by atoms with Crippen LogP contribution in [0, 0.1) is 5.92 Å². The number of benzene rings is 2. The van der Waals surface area contributed by atoms with Gasteiger partial charge in [-0.15, -0.1) is 0 Å². The fourth-order valence-corrected chi connectivity index (χ4v) is 3.71. The summed E-state index contributed by atoms with van der Waals surface area (Å²) in [6.45, 7) is 7.45. The maximum absolute atomic E-state index is 12.7. The van der Waals surface area contributed by atoms with Crippen LogP contribution in [0.2, 0.25) is 0 Å². The van der Waals surface area contributed by atoms with Gasteiger partial charge in [0.15, 0.2) is 0 Å². The summed E-state index contributed by atoms with van der Waals surface area (Å²) in [5, 5.41) is 0. The highest BCUT2D eigenvalue weighted by Crippen LogP contribution is 2.31. The van der Waals surface area contributed by atoms with Gasteiger partial charge in [-0.1, -0.05) is 61.5 Å². The van der Waals surface area contributed by atoms with Gasteiger partial charge >= 0.3 is 6.09 Å². The minimum Gasteiger partial charge on any atom is -0.443 e. The Kier molecular flexibility index (Phi) is 5.87. The van der Waals surface area contributed by atoms with E-state index in [9.17, 15) is 9.59 Å². The van der Waals surface area contributed by atoms with Gasteiger partial charge in [-0.2, -0.15) is 0 Å². The van der Waals surface area contributed by atoms with Crippen molar-refractivity contribution < 1.29 is 14.3 Å². The molecular formula is C24H29NO3. The van der Waals surface area contributed by atoms with Crippen molar-refractivity contribution in [2.24, 2.45) is 5.92 Å². The quantitative estimate of drug-likeness (QED) is 0.709. The monoisotopic (exact) mass is 379 g/mol. The molecule has 0 bridgehead atoms. The van der Waals surface area contributed by atoms with E-state index in [4.69, 9.17) is 4.74 Å². The zero-order valence-electron chi connectivity index (χ0n) is 17.1. The topological polar surface area (TPSA) is 46.6 Å². The first-order valence-electron chi connectivity index (χ1n) is 9.99. The molecule has 148 valence electrons. The third kappa shape index (κ3) is 4.61. The van der Waals surface area contributed by atoms with Gasteiger partial charge in [0.25, 0.3) is 0 Å². The highest BCUT2D eigenvalue weighted by molar-refractivity contribution is 5.95. The highest BCUT2D eigenvalue weighted by Gasteiger charge is 2.43. The van der Waals surface area contributed by atoms with E-state index in [-0.39, 0.29) is 17.9 Å². The normalized spacial score (nSPS) is 19.7. The summed E-state index contributed by atoms with van der Waals surface area (Å²) in [5.41, 5.74) is 2.82. The lowest BCUT2D eigenvalue weighted by atomic mass is 9.96. The Balaban J connectivity index is 1.77. The van der Waals surface area contributed by atoms with Gasteiger partial charge in [-0.05, 0) is 56.7 Å². The summed E-state index contributed by atoms with van der Waals surface area (Å²) in [7, 11) is 0. The van der Waals surface area contributed by atoms with E-state index in [1.165, 1.54) is 10.5 Å². The standard InChI is InChI=1S/C24H29NO3/c1-5-18-16-21(25(22(18)26)23(27)28-24(2,3)4)15-17-11-13-20(14-12-17)19-9-7-6-8-10-19/h6-14,18,21H,5,15-16H2,1-4H3/t18?,21-/m1/s1. The molecule has 28 heavy (non-hydrogen) atoms. The summed E-state index contributed by atoms with van der Waals surface area (Å²) >= 11 is 0. The van der Waals surface area contributed by atoms with Gasteiger partial charge in [0.1, 0.15) is 5.60 Å². The van der Waals surface area contributed by atoms with Crippen LogP contribution in [0.3, 0.4) is 0 Å². The van der Waals surface area contributed by atoms with E-state index in [2.05, 4.69) is 36.4 Å². The van der Waals surface area contributed by atoms with E-state index < -0.39 is 11.7 Å². The van der Waals surface area contributed by atoms with Crippen LogP contribution in [0.15, 0.2) is 54.6 Å². The van der Waals surface area contributed by atoms with E-state index in [0.29, 0.717) is 12.8 Å². The Morgan fingerprint density at radius 3 is 2.21 bits per heavy atom. The van der Waals surface area contributed by atoms with Gasteiger partial charge in [0.2, 0.25) is 5.91 Å². The average Bonchev–Trinajstić information content (AvgIpc) is 2.97. The van der Waals surface area contributed by atoms with Crippen LogP contribution in [0.4, 0.5) is 4.79 Å². The van der Waals surface area contributed by atoms with Crippen LogP contribution < -0.4 is 0 Å². The molecular weight excluding hydrogens is 350 g/mol. The van der Waals surface area contributed by atoms with Crippen molar-refractivity contribution in [3.05, 3.63) is 60.2 Å². The Bertz CT molecular complexity index is 821. The van der Waals surface area contributed by atoms with Crippen LogP contribution in [-0.2, 0) is 16.0 Å². The molecule has 1 aliphatic rings. The first-order valence-corrected chi connectivity index (χ1v) is 9.99. The molecule has 4 nitrogen and oxygen atoms in total. The van der Waals surface area contributed by atoms with E-state index in [0.717, 1.165) is 17.5 Å². The van der Waals surface area contributed by atoms with Crippen molar-refractivity contribution in [1.82, 2.24) is 4.90 Å². The van der Waals surface area contributed by atoms with Gasteiger partial charge in [0.05, 0.1) is 0 Å². The van der Waals surface area contributed by atoms with Crippen molar-refractivity contribution >= 4 is 12.0 Å². The Hall–Kier alpha value is -2.62. The number of ether oxygens (including phenoxy) is 1. The van der Waals surface area contributed by atoms with Gasteiger partial charge < -0.3 is 4.74 Å². The number of hydrogen-bond acceptors (Lipinski definition) is 3. The molecule has 0 spiro atoms. The molecule has 2 aromatic carbocycles. The molecule has 1 heterocycles. The zero-order valence-corrected chi connectivity index (χ0v) is 17.1. The minimum absolute atomic E-state index is 0.109.